The molecule has 0 radical (unpaired) electrons. The minimum Gasteiger partial charge on any atom is -0.478 e. The van der Waals surface area contributed by atoms with Crippen LogP contribution in [0.25, 0.3) is 0 Å². The summed E-state index contributed by atoms with van der Waals surface area (Å²) in [6, 6.07) is 2.61. The van der Waals surface area contributed by atoms with Crippen molar-refractivity contribution in [1.82, 2.24) is 5.32 Å². The second-order valence-corrected chi connectivity index (χ2v) is 4.94. The molecule has 1 heterocycles. The van der Waals surface area contributed by atoms with E-state index in [1.54, 1.807) is 0 Å². The lowest BCUT2D eigenvalue weighted by molar-refractivity contribution is 0.0697. The monoisotopic (exact) mass is 282 g/mol. The Bertz CT molecular complexity index is 541. The van der Waals surface area contributed by atoms with Crippen molar-refractivity contribution >= 4 is 17.7 Å². The number of benzene rings is 1. The first-order valence-electron chi connectivity index (χ1n) is 6.09. The summed E-state index contributed by atoms with van der Waals surface area (Å²) in [7, 11) is 0. The summed E-state index contributed by atoms with van der Waals surface area (Å²) >= 11 is 0. The van der Waals surface area contributed by atoms with Crippen molar-refractivity contribution in [2.24, 2.45) is 0 Å². The molecule has 1 saturated heterocycles. The van der Waals surface area contributed by atoms with Gasteiger partial charge in [0.05, 0.1) is 23.4 Å². The molecule has 1 atom stereocenters. The Morgan fingerprint density at radius 3 is 2.80 bits per heavy atom. The van der Waals surface area contributed by atoms with E-state index >= 15 is 0 Å². The van der Waals surface area contributed by atoms with Gasteiger partial charge in [-0.05, 0) is 31.5 Å². The molecule has 2 amide bonds. The zero-order chi connectivity index (χ0) is 14.8. The zero-order valence-electron chi connectivity index (χ0n) is 10.9. The largest absolute Gasteiger partial charge is 0.478 e. The summed E-state index contributed by atoms with van der Waals surface area (Å²) in [5.41, 5.74) is -0.771. The Morgan fingerprint density at radius 2 is 2.20 bits per heavy atom. The number of hydrogen-bond acceptors (Lipinski definition) is 3. The predicted molar refractivity (Wildman–Crippen MR) is 69.4 cm³/mol. The molecule has 1 aliphatic heterocycles. The van der Waals surface area contributed by atoms with Crippen LogP contribution in [0.2, 0.25) is 0 Å². The van der Waals surface area contributed by atoms with Crippen molar-refractivity contribution in [1.29, 1.82) is 0 Å². The highest BCUT2D eigenvalue weighted by molar-refractivity contribution is 5.93. The molecule has 1 aliphatic rings. The summed E-state index contributed by atoms with van der Waals surface area (Å²) in [6.07, 6.45) is 0.665. The Labute approximate surface area is 114 Å². The van der Waals surface area contributed by atoms with Gasteiger partial charge in [0.2, 0.25) is 0 Å². The molecule has 7 heteroatoms. The Hall–Kier alpha value is -2.15. The summed E-state index contributed by atoms with van der Waals surface area (Å²) in [5, 5.41) is 13.8. The minimum atomic E-state index is -1.19. The standard InChI is InChI=1S/C13H15FN2O4/c1-13(4-5-20-7-13)16-12(19)15-10-6-8(11(17)18)2-3-9(10)14/h2-3,6H,4-5,7H2,1H3,(H,17,18)(H2,15,16,19). The summed E-state index contributed by atoms with van der Waals surface area (Å²) < 4.78 is 18.7. The van der Waals surface area contributed by atoms with Gasteiger partial charge in [0.1, 0.15) is 5.82 Å². The lowest BCUT2D eigenvalue weighted by atomic mass is 10.0. The van der Waals surface area contributed by atoms with Crippen LogP contribution in [-0.2, 0) is 4.74 Å². The van der Waals surface area contributed by atoms with Crippen LogP contribution in [0.5, 0.6) is 0 Å². The lowest BCUT2D eigenvalue weighted by Crippen LogP contribution is -2.48. The number of aromatic carboxylic acids is 1. The summed E-state index contributed by atoms with van der Waals surface area (Å²) in [6.45, 7) is 2.77. The molecule has 1 unspecified atom stereocenters. The van der Waals surface area contributed by atoms with Crippen molar-refractivity contribution in [3.05, 3.63) is 29.6 Å². The van der Waals surface area contributed by atoms with E-state index in [-0.39, 0.29) is 11.3 Å². The fraction of sp³-hybridized carbons (Fsp3) is 0.385. The average Bonchev–Trinajstić information content (AvgIpc) is 2.78. The molecule has 1 aromatic carbocycles. The van der Waals surface area contributed by atoms with E-state index in [4.69, 9.17) is 9.84 Å². The molecule has 0 spiro atoms. The van der Waals surface area contributed by atoms with Crippen LogP contribution in [0, 0.1) is 5.82 Å². The molecule has 0 saturated carbocycles. The van der Waals surface area contributed by atoms with Gasteiger partial charge in [-0.2, -0.15) is 0 Å². The van der Waals surface area contributed by atoms with E-state index < -0.39 is 23.4 Å². The maximum Gasteiger partial charge on any atom is 0.335 e. The number of hydrogen-bond donors (Lipinski definition) is 3. The van der Waals surface area contributed by atoms with Crippen LogP contribution in [-0.4, -0.2) is 35.9 Å². The first-order valence-corrected chi connectivity index (χ1v) is 6.09. The number of urea groups is 1. The second kappa shape index (κ2) is 5.46. The maximum absolute atomic E-state index is 13.5. The fourth-order valence-corrected chi connectivity index (χ4v) is 1.95. The van der Waals surface area contributed by atoms with Gasteiger partial charge in [-0.3, -0.25) is 0 Å². The molecule has 3 N–H and O–H groups in total. The maximum atomic E-state index is 13.5. The van der Waals surface area contributed by atoms with E-state index in [1.807, 2.05) is 6.92 Å². The van der Waals surface area contributed by atoms with E-state index in [1.165, 1.54) is 0 Å². The van der Waals surface area contributed by atoms with Gasteiger partial charge < -0.3 is 20.5 Å². The van der Waals surface area contributed by atoms with Crippen LogP contribution in [0.4, 0.5) is 14.9 Å². The predicted octanol–water partition coefficient (Wildman–Crippen LogP) is 1.82. The molecule has 6 nitrogen and oxygen atoms in total. The van der Waals surface area contributed by atoms with Crippen LogP contribution in [0.3, 0.4) is 0 Å². The van der Waals surface area contributed by atoms with Gasteiger partial charge in [-0.1, -0.05) is 0 Å². The Morgan fingerprint density at radius 1 is 1.45 bits per heavy atom. The van der Waals surface area contributed by atoms with Crippen LogP contribution >= 0.6 is 0 Å². The molecule has 1 aromatic rings. The molecule has 0 bridgehead atoms. The number of amides is 2. The summed E-state index contributed by atoms with van der Waals surface area (Å²) in [5.74, 6) is -1.89. The molecule has 108 valence electrons. The fourth-order valence-electron chi connectivity index (χ4n) is 1.95. The SMILES string of the molecule is CC1(NC(=O)Nc2cc(C(=O)O)ccc2F)CCOC1. The third-order valence-electron chi connectivity index (χ3n) is 3.10. The molecule has 0 aromatic heterocycles. The van der Waals surface area contributed by atoms with Crippen LogP contribution in [0.15, 0.2) is 18.2 Å². The molecule has 20 heavy (non-hydrogen) atoms. The van der Waals surface area contributed by atoms with Crippen molar-refractivity contribution in [2.45, 2.75) is 18.9 Å². The van der Waals surface area contributed by atoms with Gasteiger partial charge in [0.15, 0.2) is 0 Å². The molecule has 0 aliphatic carbocycles. The number of carboxylic acids is 1. The highest BCUT2D eigenvalue weighted by Crippen LogP contribution is 2.19. The Kier molecular flexibility index (Phi) is 3.89. The van der Waals surface area contributed by atoms with E-state index in [9.17, 15) is 14.0 Å². The second-order valence-electron chi connectivity index (χ2n) is 4.94. The number of rotatable bonds is 3. The average molecular weight is 282 g/mol. The van der Waals surface area contributed by atoms with Gasteiger partial charge >= 0.3 is 12.0 Å². The van der Waals surface area contributed by atoms with Gasteiger partial charge in [0, 0.05) is 6.61 Å². The van der Waals surface area contributed by atoms with E-state index in [0.717, 1.165) is 18.2 Å². The third kappa shape index (κ3) is 3.24. The number of carboxylic acid groups (broad SMARTS) is 1. The highest BCUT2D eigenvalue weighted by Gasteiger charge is 2.31. The van der Waals surface area contributed by atoms with Crippen molar-refractivity contribution in [3.63, 3.8) is 0 Å². The molecule has 1 fully saturated rings. The van der Waals surface area contributed by atoms with Gasteiger partial charge in [-0.15, -0.1) is 0 Å². The zero-order valence-corrected chi connectivity index (χ0v) is 10.9. The van der Waals surface area contributed by atoms with Crippen molar-refractivity contribution < 1.29 is 23.8 Å². The van der Waals surface area contributed by atoms with Gasteiger partial charge in [0.25, 0.3) is 0 Å². The first-order chi connectivity index (χ1) is 9.39. The van der Waals surface area contributed by atoms with Crippen molar-refractivity contribution in [2.75, 3.05) is 18.5 Å². The quantitative estimate of drug-likeness (QED) is 0.789. The molecular weight excluding hydrogens is 267 g/mol. The minimum absolute atomic E-state index is 0.0999. The molecular formula is C13H15FN2O4. The van der Waals surface area contributed by atoms with Crippen LogP contribution < -0.4 is 10.6 Å². The van der Waals surface area contributed by atoms with Gasteiger partial charge in [-0.25, -0.2) is 14.0 Å². The van der Waals surface area contributed by atoms with E-state index in [0.29, 0.717) is 19.6 Å². The molecule has 2 rings (SSSR count). The first kappa shape index (κ1) is 14.3. The Balaban J connectivity index is 2.07. The van der Waals surface area contributed by atoms with Crippen molar-refractivity contribution in [3.8, 4) is 0 Å². The van der Waals surface area contributed by atoms with E-state index in [2.05, 4.69) is 10.6 Å². The number of ether oxygens (including phenoxy) is 1. The number of halogens is 1. The number of nitrogens with one attached hydrogen (secondary N) is 2. The third-order valence-corrected chi connectivity index (χ3v) is 3.10. The normalized spacial score (nSPS) is 21.5. The lowest BCUT2D eigenvalue weighted by Gasteiger charge is -2.23. The number of carbonyl (C=O) groups is 2. The topological polar surface area (TPSA) is 87.7 Å². The number of anilines is 1. The summed E-state index contributed by atoms with van der Waals surface area (Å²) in [4.78, 5) is 22.6. The smallest absolute Gasteiger partial charge is 0.335 e. The highest BCUT2D eigenvalue weighted by atomic mass is 19.1. The van der Waals surface area contributed by atoms with Crippen LogP contribution in [0.1, 0.15) is 23.7 Å². The number of carbonyl (C=O) groups excluding carboxylic acids is 1.